The fourth-order valence-corrected chi connectivity index (χ4v) is 0.964. The van der Waals surface area contributed by atoms with Crippen LogP contribution >= 0.6 is 0 Å². The van der Waals surface area contributed by atoms with Crippen molar-refractivity contribution in [2.75, 3.05) is 13.1 Å². The first-order valence-electron chi connectivity index (χ1n) is 2.41. The maximum Gasteiger partial charge on any atom is 0.0573 e. The average molecular weight is 81.1 g/mol. The molecule has 0 aromatic carbocycles. The lowest BCUT2D eigenvalue weighted by atomic mass is 10.4. The molecule has 1 heteroatoms. The first kappa shape index (κ1) is 2.67. The lowest BCUT2D eigenvalue weighted by molar-refractivity contribution is 0.617. The molecule has 1 fully saturated rings. The van der Waals surface area contributed by atoms with Gasteiger partial charge in [-0.25, -0.2) is 0 Å². The van der Waals surface area contributed by atoms with Crippen LogP contribution in [0.1, 0.15) is 6.42 Å². The summed E-state index contributed by atoms with van der Waals surface area (Å²) in [6, 6.07) is 0. The molecule has 2 rings (SSSR count). The Hall–Kier alpha value is -0.460. The summed E-state index contributed by atoms with van der Waals surface area (Å²) < 4.78 is 0. The van der Waals surface area contributed by atoms with Crippen molar-refractivity contribution in [1.82, 2.24) is 4.90 Å². The third-order valence-electron chi connectivity index (χ3n) is 1.43. The zero-order valence-corrected chi connectivity index (χ0v) is 3.65. The van der Waals surface area contributed by atoms with Crippen LogP contribution < -0.4 is 0 Å². The molecule has 1 saturated heterocycles. The molecule has 0 unspecified atom stereocenters. The van der Waals surface area contributed by atoms with Crippen molar-refractivity contribution >= 4 is 0 Å². The summed E-state index contributed by atoms with van der Waals surface area (Å²) in [6.07, 6.45) is 3.62. The van der Waals surface area contributed by atoms with E-state index >= 15 is 0 Å². The van der Waals surface area contributed by atoms with E-state index in [2.05, 4.69) is 11.0 Å². The van der Waals surface area contributed by atoms with Crippen LogP contribution in [0.4, 0.5) is 0 Å². The molecule has 32 valence electrons. The quantitative estimate of drug-likeness (QED) is 0.386. The van der Waals surface area contributed by atoms with Gasteiger partial charge >= 0.3 is 0 Å². The van der Waals surface area contributed by atoms with Gasteiger partial charge in [0.2, 0.25) is 0 Å². The Balaban J connectivity index is 2.35. The third kappa shape index (κ3) is 0.171. The van der Waals surface area contributed by atoms with Crippen molar-refractivity contribution in [2.24, 2.45) is 0 Å². The Morgan fingerprint density at radius 2 is 2.67 bits per heavy atom. The van der Waals surface area contributed by atoms with Crippen LogP contribution in [0.15, 0.2) is 11.8 Å². The smallest absolute Gasteiger partial charge is 0.0573 e. The highest BCUT2D eigenvalue weighted by Crippen LogP contribution is 2.27. The van der Waals surface area contributed by atoms with E-state index < -0.39 is 0 Å². The molecule has 0 bridgehead atoms. The molecule has 0 N–H and O–H groups in total. The van der Waals surface area contributed by atoms with E-state index in [0.29, 0.717) is 0 Å². The van der Waals surface area contributed by atoms with E-state index in [0.717, 1.165) is 0 Å². The van der Waals surface area contributed by atoms with Crippen LogP contribution in [0, 0.1) is 0 Å². The van der Waals surface area contributed by atoms with Gasteiger partial charge in [-0.1, -0.05) is 6.08 Å². The Labute approximate surface area is 37.3 Å². The first-order chi connectivity index (χ1) is 2.97. The van der Waals surface area contributed by atoms with Crippen LogP contribution in [-0.2, 0) is 0 Å². The van der Waals surface area contributed by atoms with Crippen molar-refractivity contribution in [3.05, 3.63) is 11.8 Å². The summed E-state index contributed by atoms with van der Waals surface area (Å²) in [4.78, 5) is 2.39. The van der Waals surface area contributed by atoms with Gasteiger partial charge in [-0.15, -0.1) is 0 Å². The molecule has 0 amide bonds. The highest BCUT2D eigenvalue weighted by atomic mass is 15.3. The Morgan fingerprint density at radius 3 is 2.83 bits per heavy atom. The van der Waals surface area contributed by atoms with E-state index in [9.17, 15) is 0 Å². The molecule has 1 nitrogen and oxygen atoms in total. The van der Waals surface area contributed by atoms with Crippen LogP contribution in [0.25, 0.3) is 0 Å². The predicted molar refractivity (Wildman–Crippen MR) is 24.3 cm³/mol. The minimum atomic E-state index is 1.28. The van der Waals surface area contributed by atoms with Gasteiger partial charge in [-0.05, 0) is 6.42 Å². The number of rotatable bonds is 0. The normalized spacial score (nSPS) is 26.7. The van der Waals surface area contributed by atoms with Crippen LogP contribution in [0.3, 0.4) is 0 Å². The number of fused-ring (bicyclic) bond motifs is 1. The maximum absolute atomic E-state index is 2.39. The lowest BCUT2D eigenvalue weighted by Gasteiger charge is -1.85. The summed E-state index contributed by atoms with van der Waals surface area (Å²) >= 11 is 0. The monoisotopic (exact) mass is 81.1 g/mol. The largest absolute Gasteiger partial charge is 0.368 e. The average Bonchev–Trinajstić information content (AvgIpc) is 2.17. The number of hydrogen-bond acceptors (Lipinski definition) is 1. The van der Waals surface area contributed by atoms with Crippen molar-refractivity contribution in [3.8, 4) is 0 Å². The molecule has 6 heavy (non-hydrogen) atoms. The minimum Gasteiger partial charge on any atom is -0.368 e. The van der Waals surface area contributed by atoms with Gasteiger partial charge in [0.1, 0.15) is 0 Å². The van der Waals surface area contributed by atoms with Crippen molar-refractivity contribution < 1.29 is 0 Å². The van der Waals surface area contributed by atoms with Crippen molar-refractivity contribution in [2.45, 2.75) is 6.42 Å². The van der Waals surface area contributed by atoms with Crippen LogP contribution in [0.5, 0.6) is 0 Å². The molecule has 0 aromatic heterocycles. The summed E-state index contributed by atoms with van der Waals surface area (Å²) in [6.45, 7) is 2.58. The minimum absolute atomic E-state index is 1.28. The number of hydrogen-bond donors (Lipinski definition) is 0. The highest BCUT2D eigenvalue weighted by molar-refractivity contribution is 5.22. The highest BCUT2D eigenvalue weighted by Gasteiger charge is 2.27. The summed E-state index contributed by atoms with van der Waals surface area (Å²) in [5.41, 5.74) is 1.58. The standard InChI is InChI=1S/C5H7N/c1-2-5-4-6(5)3-1/h2H,1,3-4H2. The predicted octanol–water partition coefficient (Wildman–Crippen LogP) is 0.590. The summed E-state index contributed by atoms with van der Waals surface area (Å²) in [7, 11) is 0. The molecule has 0 atom stereocenters. The van der Waals surface area contributed by atoms with Crippen molar-refractivity contribution in [1.29, 1.82) is 0 Å². The molecule has 0 radical (unpaired) electrons. The van der Waals surface area contributed by atoms with Crippen molar-refractivity contribution in [3.63, 3.8) is 0 Å². The van der Waals surface area contributed by atoms with Crippen LogP contribution in [-0.4, -0.2) is 18.0 Å². The molecule has 2 aliphatic heterocycles. The molecule has 0 aromatic rings. The van der Waals surface area contributed by atoms with Gasteiger partial charge in [-0.3, -0.25) is 0 Å². The lowest BCUT2D eigenvalue weighted by Crippen LogP contribution is -1.90. The first-order valence-corrected chi connectivity index (χ1v) is 2.41. The fourth-order valence-electron chi connectivity index (χ4n) is 0.964. The van der Waals surface area contributed by atoms with Gasteiger partial charge in [0.15, 0.2) is 0 Å². The van der Waals surface area contributed by atoms with Gasteiger partial charge in [0.25, 0.3) is 0 Å². The molecule has 2 aliphatic rings. The molecule has 0 saturated carbocycles. The zero-order valence-electron chi connectivity index (χ0n) is 3.65. The van der Waals surface area contributed by atoms with E-state index in [1.165, 1.54) is 19.5 Å². The second kappa shape index (κ2) is 0.625. The maximum atomic E-state index is 2.39. The molecular formula is C5H7N. The Bertz CT molecular complexity index is 105. The zero-order chi connectivity index (χ0) is 3.98. The summed E-state index contributed by atoms with van der Waals surface area (Å²) in [5, 5.41) is 0. The van der Waals surface area contributed by atoms with E-state index in [-0.39, 0.29) is 0 Å². The second-order valence-corrected chi connectivity index (χ2v) is 1.91. The molecule has 2 heterocycles. The van der Waals surface area contributed by atoms with Gasteiger partial charge in [0.05, 0.1) is 6.54 Å². The Morgan fingerprint density at radius 1 is 1.67 bits per heavy atom. The van der Waals surface area contributed by atoms with Crippen LogP contribution in [0.2, 0.25) is 0 Å². The van der Waals surface area contributed by atoms with Gasteiger partial charge in [-0.2, -0.15) is 0 Å². The Kier molecular flexibility index (Phi) is 0.278. The van der Waals surface area contributed by atoms with E-state index in [1.54, 1.807) is 5.70 Å². The van der Waals surface area contributed by atoms with Gasteiger partial charge < -0.3 is 4.90 Å². The molecule has 0 spiro atoms. The number of nitrogens with zero attached hydrogens (tertiary/aromatic N) is 1. The topological polar surface area (TPSA) is 3.01 Å². The van der Waals surface area contributed by atoms with E-state index in [4.69, 9.17) is 0 Å². The second-order valence-electron chi connectivity index (χ2n) is 1.91. The summed E-state index contributed by atoms with van der Waals surface area (Å²) in [5.74, 6) is 0. The van der Waals surface area contributed by atoms with Gasteiger partial charge in [0, 0.05) is 12.2 Å². The third-order valence-corrected chi connectivity index (χ3v) is 1.43. The molecule has 0 aliphatic carbocycles. The SMILES string of the molecule is C1=C2CN2CC1. The fraction of sp³-hybridized carbons (Fsp3) is 0.600. The molecular weight excluding hydrogens is 74.1 g/mol. The van der Waals surface area contributed by atoms with E-state index in [1.807, 2.05) is 0 Å².